The number of allylic oxidation sites excluding steroid dienone is 18. The highest BCUT2D eigenvalue weighted by Crippen LogP contribution is 2.17. The Hall–Kier alpha value is -4.05. The molecule has 0 saturated carbocycles. The summed E-state index contributed by atoms with van der Waals surface area (Å²) in [7, 11) is 5.92. The molecule has 2 unspecified atom stereocenters. The van der Waals surface area contributed by atoms with Gasteiger partial charge in [-0.15, -0.1) is 0 Å². The van der Waals surface area contributed by atoms with Crippen molar-refractivity contribution in [3.8, 4) is 0 Å². The van der Waals surface area contributed by atoms with Crippen molar-refractivity contribution in [1.82, 2.24) is 0 Å². The molecule has 0 rings (SSSR count). The van der Waals surface area contributed by atoms with E-state index in [1.807, 2.05) is 21.1 Å². The maximum absolute atomic E-state index is 12.9. The number of carbonyl (C=O) groups excluding carboxylic acids is 3. The highest BCUT2D eigenvalue weighted by Gasteiger charge is 2.22. The summed E-state index contributed by atoms with van der Waals surface area (Å²) in [4.78, 5) is 37.5. The molecule has 0 aromatic carbocycles. The van der Waals surface area contributed by atoms with Gasteiger partial charge in [0, 0.05) is 12.8 Å². The van der Waals surface area contributed by atoms with Crippen LogP contribution in [0, 0.1) is 0 Å². The van der Waals surface area contributed by atoms with E-state index in [0.29, 0.717) is 17.4 Å². The van der Waals surface area contributed by atoms with E-state index >= 15 is 0 Å². The number of quaternary nitrogens is 1. The lowest BCUT2D eigenvalue weighted by Crippen LogP contribution is -2.44. The van der Waals surface area contributed by atoms with Gasteiger partial charge in [-0.2, -0.15) is 0 Å². The molecule has 0 aliphatic heterocycles. The van der Waals surface area contributed by atoms with Gasteiger partial charge in [0.2, 0.25) is 0 Å². The van der Waals surface area contributed by atoms with E-state index in [-0.39, 0.29) is 38.6 Å². The molecule has 0 amide bonds. The molecule has 500 valence electrons. The van der Waals surface area contributed by atoms with Crippen LogP contribution in [-0.2, 0) is 33.3 Å². The van der Waals surface area contributed by atoms with E-state index in [2.05, 4.69) is 123 Å². The molecule has 0 bridgehead atoms. The number of aliphatic carboxylic acids is 1. The number of carbonyl (C=O) groups is 3. The number of nitrogens with zero attached hydrogens (tertiary/aromatic N) is 1. The Labute approximate surface area is 536 Å². The second kappa shape index (κ2) is 67.9. The standard InChI is InChI=1S/C78H135NO8/c1-6-8-10-12-14-16-18-20-22-24-26-28-30-32-34-36-37-38-39-41-42-44-46-48-50-52-54-56-58-60-62-64-66-68-75(80)85-72-74(73-86-78(77(82)83)84-71-70-79(3,4)5)87-76(81)69-67-65-63-61-59-57-55-53-51-49-47-45-43-40-35-33-31-29-27-25-23-21-19-17-15-13-11-9-7-2/h9,11,15,17,21,23-24,26-27,29,33,35,43,45,49,51,55,57,74,78H,6-8,10,12-14,16,18-20,22,25,28,30-32,34,36-42,44,46-48,50,52-54,56,58-73H2,1-5H3/b11-9-,17-15-,23-21-,26-24-,29-27-,35-33-,45-43-,51-49-,57-55-. The summed E-state index contributed by atoms with van der Waals surface area (Å²) in [5.74, 6) is -2.31. The minimum absolute atomic E-state index is 0.138. The molecule has 0 spiro atoms. The van der Waals surface area contributed by atoms with Gasteiger partial charge in [-0.3, -0.25) is 9.59 Å². The Balaban J connectivity index is 4.15. The van der Waals surface area contributed by atoms with Crippen molar-refractivity contribution < 1.29 is 42.9 Å². The number of rotatable bonds is 66. The fraction of sp³-hybridized carbons (Fsp3) is 0.731. The summed E-state index contributed by atoms with van der Waals surface area (Å²) in [6, 6.07) is 0. The fourth-order valence-corrected chi connectivity index (χ4v) is 10.0. The third-order valence-electron chi connectivity index (χ3n) is 15.5. The van der Waals surface area contributed by atoms with Crippen LogP contribution in [0.4, 0.5) is 0 Å². The van der Waals surface area contributed by atoms with Crippen LogP contribution in [0.5, 0.6) is 0 Å². The molecule has 9 heteroatoms. The lowest BCUT2D eigenvalue weighted by molar-refractivity contribution is -0.870. The van der Waals surface area contributed by atoms with Crippen LogP contribution in [0.3, 0.4) is 0 Å². The quantitative estimate of drug-likeness (QED) is 0.0195. The summed E-state index contributed by atoms with van der Waals surface area (Å²) < 4.78 is 22.8. The van der Waals surface area contributed by atoms with E-state index < -0.39 is 24.3 Å². The second-order valence-electron chi connectivity index (χ2n) is 25.1. The molecule has 0 saturated heterocycles. The Bertz CT molecular complexity index is 1800. The molecule has 9 nitrogen and oxygen atoms in total. The van der Waals surface area contributed by atoms with Crippen molar-refractivity contribution in [2.24, 2.45) is 0 Å². The van der Waals surface area contributed by atoms with E-state index in [9.17, 15) is 19.5 Å². The SMILES string of the molecule is CC/C=C\C/C=C\C/C=C\C/C=C\C/C=C\C/C=C\C/C=C\C/C=C\CCCCCCC(=O)OC(COC(=O)CCCCCCCCCCCCCCCCCCCCCCC/C=C\CCCCCCCCCC)COC(OCC[N+](C)(C)C)C(=O)[O-]. The van der Waals surface area contributed by atoms with Gasteiger partial charge in [0.25, 0.3) is 0 Å². The van der Waals surface area contributed by atoms with Crippen molar-refractivity contribution in [3.63, 3.8) is 0 Å². The normalized spacial score (nSPS) is 13.3. The van der Waals surface area contributed by atoms with E-state index in [1.165, 1.54) is 180 Å². The number of unbranched alkanes of at least 4 members (excludes halogenated alkanes) is 33. The Morgan fingerprint density at radius 2 is 0.655 bits per heavy atom. The lowest BCUT2D eigenvalue weighted by Gasteiger charge is -2.26. The maximum Gasteiger partial charge on any atom is 0.306 e. The molecule has 0 aliphatic rings. The Morgan fingerprint density at radius 1 is 0.356 bits per heavy atom. The zero-order valence-corrected chi connectivity index (χ0v) is 57.1. The van der Waals surface area contributed by atoms with Gasteiger partial charge in [0.1, 0.15) is 13.2 Å². The summed E-state index contributed by atoms with van der Waals surface area (Å²) in [6.07, 6.45) is 91.8. The Morgan fingerprint density at radius 3 is 0.989 bits per heavy atom. The van der Waals surface area contributed by atoms with E-state index in [0.717, 1.165) is 96.3 Å². The molecular weight excluding hydrogens is 1080 g/mol. The van der Waals surface area contributed by atoms with Crippen LogP contribution in [0.2, 0.25) is 0 Å². The highest BCUT2D eigenvalue weighted by molar-refractivity contribution is 5.70. The van der Waals surface area contributed by atoms with Crippen LogP contribution >= 0.6 is 0 Å². The number of esters is 2. The second-order valence-corrected chi connectivity index (χ2v) is 25.1. The summed E-state index contributed by atoms with van der Waals surface area (Å²) in [5, 5.41) is 11.8. The molecule has 0 N–H and O–H groups in total. The Kier molecular flexibility index (Phi) is 64.7. The molecule has 0 aliphatic carbocycles. The van der Waals surface area contributed by atoms with Crippen LogP contribution in [0.15, 0.2) is 109 Å². The third kappa shape index (κ3) is 69.3. The number of likely N-dealkylation sites (N-methyl/N-ethyl adjacent to an activating group) is 1. The third-order valence-corrected chi connectivity index (χ3v) is 15.5. The first-order chi connectivity index (χ1) is 42.6. The van der Waals surface area contributed by atoms with Gasteiger partial charge >= 0.3 is 11.9 Å². The number of carboxylic acid groups (broad SMARTS) is 1. The topological polar surface area (TPSA) is 111 Å². The predicted molar refractivity (Wildman–Crippen MR) is 370 cm³/mol. The minimum atomic E-state index is -1.64. The smallest absolute Gasteiger partial charge is 0.306 e. The van der Waals surface area contributed by atoms with Gasteiger partial charge < -0.3 is 33.3 Å². The van der Waals surface area contributed by atoms with Crippen molar-refractivity contribution in [3.05, 3.63) is 109 Å². The molecule has 87 heavy (non-hydrogen) atoms. The molecular formula is C78H135NO8. The highest BCUT2D eigenvalue weighted by atomic mass is 16.7. The molecule has 0 heterocycles. The van der Waals surface area contributed by atoms with Crippen molar-refractivity contribution in [2.75, 3.05) is 47.5 Å². The lowest BCUT2D eigenvalue weighted by atomic mass is 10.0. The monoisotopic (exact) mass is 1210 g/mol. The van der Waals surface area contributed by atoms with Crippen LogP contribution in [0.25, 0.3) is 0 Å². The number of ether oxygens (including phenoxy) is 4. The minimum Gasteiger partial charge on any atom is -0.545 e. The summed E-state index contributed by atoms with van der Waals surface area (Å²) in [5.41, 5.74) is 0. The van der Waals surface area contributed by atoms with Gasteiger partial charge in [-0.1, -0.05) is 303 Å². The first kappa shape index (κ1) is 83.0. The van der Waals surface area contributed by atoms with Crippen molar-refractivity contribution in [1.29, 1.82) is 0 Å². The first-order valence-electron chi connectivity index (χ1n) is 36.0. The van der Waals surface area contributed by atoms with E-state index in [1.54, 1.807) is 0 Å². The average molecular weight is 1210 g/mol. The molecule has 2 atom stereocenters. The van der Waals surface area contributed by atoms with Gasteiger partial charge in [-0.05, 0) is 103 Å². The van der Waals surface area contributed by atoms with E-state index in [4.69, 9.17) is 18.9 Å². The number of hydrogen-bond donors (Lipinski definition) is 0. The van der Waals surface area contributed by atoms with Crippen LogP contribution < -0.4 is 5.11 Å². The average Bonchev–Trinajstić information content (AvgIpc) is 3.57. The van der Waals surface area contributed by atoms with Gasteiger partial charge in [0.05, 0.1) is 40.3 Å². The van der Waals surface area contributed by atoms with Crippen LogP contribution in [-0.4, -0.2) is 82.3 Å². The summed E-state index contributed by atoms with van der Waals surface area (Å²) >= 11 is 0. The largest absolute Gasteiger partial charge is 0.545 e. The fourth-order valence-electron chi connectivity index (χ4n) is 10.0. The van der Waals surface area contributed by atoms with Gasteiger partial charge in [-0.25, -0.2) is 0 Å². The van der Waals surface area contributed by atoms with Crippen molar-refractivity contribution >= 4 is 17.9 Å². The molecule has 0 radical (unpaired) electrons. The summed E-state index contributed by atoms with van der Waals surface area (Å²) in [6.45, 7) is 4.63. The zero-order valence-electron chi connectivity index (χ0n) is 57.1. The molecule has 0 fully saturated rings. The first-order valence-corrected chi connectivity index (χ1v) is 36.0. The van der Waals surface area contributed by atoms with Gasteiger partial charge in [0.15, 0.2) is 12.4 Å². The number of hydrogen-bond acceptors (Lipinski definition) is 8. The molecule has 0 aromatic rings. The van der Waals surface area contributed by atoms with Crippen molar-refractivity contribution in [2.45, 2.75) is 322 Å². The zero-order chi connectivity index (χ0) is 63.3. The molecule has 0 aromatic heterocycles. The maximum atomic E-state index is 12.9. The number of carboxylic acids is 1. The predicted octanol–water partition coefficient (Wildman–Crippen LogP) is 21.2. The van der Waals surface area contributed by atoms with Crippen LogP contribution in [0.1, 0.15) is 309 Å².